The number of aryl methyl sites for hydroxylation is 2. The lowest BCUT2D eigenvalue weighted by atomic mass is 10.1. The molecule has 7 nitrogen and oxygen atoms in total. The molecule has 1 amide bonds. The van der Waals surface area contributed by atoms with Crippen LogP contribution in [0, 0.1) is 18.8 Å². The summed E-state index contributed by atoms with van der Waals surface area (Å²) in [5, 5.41) is 5.43. The van der Waals surface area contributed by atoms with Crippen molar-refractivity contribution < 1.29 is 14.3 Å². The maximum atomic E-state index is 13.4. The first-order valence-electron chi connectivity index (χ1n) is 10.3. The standard InChI is InChI=1S/C23H26N4O3/c1-4-30-23(29)20-11-18(20)13-27(14-19-9-15(2)26(3)25-19)22(28)17-10-16-7-5-6-8-21(16)24-12-17/h5-10,12,18,20H,4,11,13-14H2,1-3H3/t18-,20-/m0/s1. The van der Waals surface area contributed by atoms with E-state index in [1.54, 1.807) is 22.7 Å². The number of rotatable bonds is 7. The van der Waals surface area contributed by atoms with E-state index in [0.717, 1.165) is 28.7 Å². The zero-order valence-electron chi connectivity index (χ0n) is 17.5. The lowest BCUT2D eigenvalue weighted by Gasteiger charge is -2.22. The molecule has 3 aromatic rings. The van der Waals surface area contributed by atoms with Gasteiger partial charge in [-0.2, -0.15) is 5.10 Å². The molecule has 0 unspecified atom stereocenters. The van der Waals surface area contributed by atoms with Gasteiger partial charge in [0.2, 0.25) is 0 Å². The highest BCUT2D eigenvalue weighted by Gasteiger charge is 2.45. The first kappa shape index (κ1) is 20.1. The summed E-state index contributed by atoms with van der Waals surface area (Å²) in [7, 11) is 1.88. The number of benzene rings is 1. The maximum Gasteiger partial charge on any atom is 0.309 e. The van der Waals surface area contributed by atoms with E-state index in [2.05, 4.69) is 10.1 Å². The number of fused-ring (bicyclic) bond motifs is 1. The van der Waals surface area contributed by atoms with Crippen LogP contribution in [-0.4, -0.2) is 44.7 Å². The van der Waals surface area contributed by atoms with Gasteiger partial charge in [0.25, 0.3) is 5.91 Å². The van der Waals surface area contributed by atoms with Crippen LogP contribution >= 0.6 is 0 Å². The second-order valence-corrected chi connectivity index (χ2v) is 7.86. The molecular formula is C23H26N4O3. The van der Waals surface area contributed by atoms with Crippen molar-refractivity contribution in [2.75, 3.05) is 13.2 Å². The monoisotopic (exact) mass is 406 g/mol. The molecule has 0 radical (unpaired) electrons. The van der Waals surface area contributed by atoms with Crippen molar-refractivity contribution >= 4 is 22.8 Å². The number of carbonyl (C=O) groups is 2. The molecule has 1 saturated carbocycles. The lowest BCUT2D eigenvalue weighted by molar-refractivity contribution is -0.145. The molecule has 2 heterocycles. The summed E-state index contributed by atoms with van der Waals surface area (Å²) in [5.41, 5.74) is 3.24. The Morgan fingerprint density at radius 2 is 2.07 bits per heavy atom. The molecule has 1 fully saturated rings. The maximum absolute atomic E-state index is 13.4. The highest BCUT2D eigenvalue weighted by atomic mass is 16.5. The average molecular weight is 406 g/mol. The Balaban J connectivity index is 1.56. The molecule has 156 valence electrons. The number of ether oxygens (including phenoxy) is 1. The molecule has 0 bridgehead atoms. The molecule has 7 heteroatoms. The second-order valence-electron chi connectivity index (χ2n) is 7.86. The average Bonchev–Trinajstić information content (AvgIpc) is 3.44. The molecule has 1 aliphatic rings. The van der Waals surface area contributed by atoms with Crippen LogP contribution in [-0.2, 0) is 23.1 Å². The second kappa shape index (κ2) is 8.26. The van der Waals surface area contributed by atoms with Crippen molar-refractivity contribution in [3.8, 4) is 0 Å². The zero-order chi connectivity index (χ0) is 21.3. The number of pyridine rings is 1. The summed E-state index contributed by atoms with van der Waals surface area (Å²) < 4.78 is 6.94. The molecule has 2 atom stereocenters. The van der Waals surface area contributed by atoms with E-state index in [1.807, 2.05) is 50.4 Å². The fraction of sp³-hybridized carbons (Fsp3) is 0.391. The van der Waals surface area contributed by atoms with Gasteiger partial charge in [0.15, 0.2) is 0 Å². The van der Waals surface area contributed by atoms with Crippen molar-refractivity contribution in [3.63, 3.8) is 0 Å². The third kappa shape index (κ3) is 4.20. The topological polar surface area (TPSA) is 77.3 Å². The molecule has 0 N–H and O–H groups in total. The van der Waals surface area contributed by atoms with Crippen LogP contribution in [0.15, 0.2) is 42.6 Å². The minimum Gasteiger partial charge on any atom is -0.466 e. The Morgan fingerprint density at radius 1 is 1.27 bits per heavy atom. The van der Waals surface area contributed by atoms with E-state index >= 15 is 0 Å². The SMILES string of the molecule is CCOC(=O)[C@H]1C[C@H]1CN(Cc1cc(C)n(C)n1)C(=O)c1cnc2ccccc2c1. The van der Waals surface area contributed by atoms with Crippen LogP contribution in [0.2, 0.25) is 0 Å². The quantitative estimate of drug-likeness (QED) is 0.564. The minimum absolute atomic E-state index is 0.105. The summed E-state index contributed by atoms with van der Waals surface area (Å²) in [6, 6.07) is 11.6. The van der Waals surface area contributed by atoms with Gasteiger partial charge >= 0.3 is 5.97 Å². The lowest BCUT2D eigenvalue weighted by Crippen LogP contribution is -2.33. The van der Waals surface area contributed by atoms with Crippen molar-refractivity contribution in [2.45, 2.75) is 26.8 Å². The van der Waals surface area contributed by atoms with Crippen LogP contribution in [0.1, 0.15) is 35.1 Å². The predicted octanol–water partition coefficient (Wildman–Crippen LogP) is 3.12. The van der Waals surface area contributed by atoms with Crippen LogP contribution in [0.3, 0.4) is 0 Å². The Hall–Kier alpha value is -3.22. The molecule has 1 aliphatic carbocycles. The van der Waals surface area contributed by atoms with Crippen LogP contribution < -0.4 is 0 Å². The summed E-state index contributed by atoms with van der Waals surface area (Å²) >= 11 is 0. The van der Waals surface area contributed by atoms with Gasteiger partial charge < -0.3 is 9.64 Å². The number of nitrogens with zero attached hydrogens (tertiary/aromatic N) is 4. The van der Waals surface area contributed by atoms with E-state index < -0.39 is 0 Å². The number of esters is 1. The van der Waals surface area contributed by atoms with Gasteiger partial charge in [0.1, 0.15) is 0 Å². The van der Waals surface area contributed by atoms with Crippen LogP contribution in [0.5, 0.6) is 0 Å². The highest BCUT2D eigenvalue weighted by Crippen LogP contribution is 2.40. The Labute approximate surface area is 175 Å². The van der Waals surface area contributed by atoms with Crippen molar-refractivity contribution in [1.29, 1.82) is 0 Å². The molecule has 0 aliphatic heterocycles. The van der Waals surface area contributed by atoms with Gasteiger partial charge in [-0.15, -0.1) is 0 Å². The molecule has 4 rings (SSSR count). The molecular weight excluding hydrogens is 380 g/mol. The minimum atomic E-state index is -0.170. The fourth-order valence-electron chi connectivity index (χ4n) is 3.77. The molecule has 30 heavy (non-hydrogen) atoms. The fourth-order valence-corrected chi connectivity index (χ4v) is 3.77. The van der Waals surface area contributed by atoms with Crippen LogP contribution in [0.4, 0.5) is 0 Å². The summed E-state index contributed by atoms with van der Waals surface area (Å²) in [6.45, 7) is 5.04. The Kier molecular flexibility index (Phi) is 5.53. The van der Waals surface area contributed by atoms with Gasteiger partial charge in [-0.05, 0) is 44.4 Å². The molecule has 2 aromatic heterocycles. The largest absolute Gasteiger partial charge is 0.466 e. The van der Waals surface area contributed by atoms with Crippen LogP contribution in [0.25, 0.3) is 10.9 Å². The number of para-hydroxylation sites is 1. The highest BCUT2D eigenvalue weighted by molar-refractivity contribution is 5.97. The van der Waals surface area contributed by atoms with Crippen molar-refractivity contribution in [1.82, 2.24) is 19.7 Å². The van der Waals surface area contributed by atoms with Gasteiger partial charge in [0, 0.05) is 30.9 Å². The third-order valence-electron chi connectivity index (χ3n) is 5.61. The smallest absolute Gasteiger partial charge is 0.309 e. The summed E-state index contributed by atoms with van der Waals surface area (Å²) in [4.78, 5) is 31.6. The number of hydrogen-bond donors (Lipinski definition) is 0. The van der Waals surface area contributed by atoms with E-state index in [9.17, 15) is 9.59 Å². The zero-order valence-corrected chi connectivity index (χ0v) is 17.5. The third-order valence-corrected chi connectivity index (χ3v) is 5.61. The Morgan fingerprint density at radius 3 is 2.80 bits per heavy atom. The molecule has 0 saturated heterocycles. The first-order chi connectivity index (χ1) is 14.5. The molecule has 1 aromatic carbocycles. The summed E-state index contributed by atoms with van der Waals surface area (Å²) in [6.07, 6.45) is 2.37. The van der Waals surface area contributed by atoms with Gasteiger partial charge in [-0.25, -0.2) is 0 Å². The number of amides is 1. The predicted molar refractivity (Wildman–Crippen MR) is 113 cm³/mol. The van der Waals surface area contributed by atoms with E-state index in [4.69, 9.17) is 4.74 Å². The van der Waals surface area contributed by atoms with E-state index in [0.29, 0.717) is 25.3 Å². The number of hydrogen-bond acceptors (Lipinski definition) is 5. The number of aromatic nitrogens is 3. The molecule has 0 spiro atoms. The van der Waals surface area contributed by atoms with Gasteiger partial charge in [0.05, 0.1) is 35.8 Å². The van der Waals surface area contributed by atoms with Gasteiger partial charge in [-0.3, -0.25) is 19.3 Å². The van der Waals surface area contributed by atoms with E-state index in [1.165, 1.54) is 0 Å². The van der Waals surface area contributed by atoms with E-state index in [-0.39, 0.29) is 23.7 Å². The van der Waals surface area contributed by atoms with Gasteiger partial charge in [-0.1, -0.05) is 18.2 Å². The normalized spacial score (nSPS) is 17.7. The summed E-state index contributed by atoms with van der Waals surface area (Å²) in [5.74, 6) is -0.284. The van der Waals surface area contributed by atoms with Crippen molar-refractivity contribution in [3.05, 3.63) is 59.5 Å². The number of carbonyl (C=O) groups excluding carboxylic acids is 2. The van der Waals surface area contributed by atoms with Crippen molar-refractivity contribution in [2.24, 2.45) is 18.9 Å². The Bertz CT molecular complexity index is 1070. The first-order valence-corrected chi connectivity index (χ1v) is 10.3.